The average molecular weight is 472 g/mol. The lowest BCUT2D eigenvalue weighted by molar-refractivity contribution is 0.0953. The molecule has 1 fully saturated rings. The molecule has 2 N–H and O–H groups in total. The molecule has 2 aliphatic rings. The highest BCUT2D eigenvalue weighted by molar-refractivity contribution is 5.95. The van der Waals surface area contributed by atoms with Crippen molar-refractivity contribution in [1.82, 2.24) is 15.7 Å². The third-order valence-electron chi connectivity index (χ3n) is 6.59. The summed E-state index contributed by atoms with van der Waals surface area (Å²) in [6.45, 7) is 7.98. The first-order valence-electron chi connectivity index (χ1n) is 12.8. The summed E-state index contributed by atoms with van der Waals surface area (Å²) in [7, 11) is 2.13. The number of amides is 1. The number of nitrogens with zero attached hydrogens (tertiary/aromatic N) is 3. The number of rotatable bonds is 9. The van der Waals surface area contributed by atoms with Crippen LogP contribution < -0.4 is 15.5 Å². The quantitative estimate of drug-likeness (QED) is 0.536. The van der Waals surface area contributed by atoms with Crippen LogP contribution in [-0.4, -0.2) is 68.9 Å². The number of ether oxygens (including phenoxy) is 1. The van der Waals surface area contributed by atoms with Crippen molar-refractivity contribution in [2.24, 2.45) is 15.9 Å². The summed E-state index contributed by atoms with van der Waals surface area (Å²) < 4.78 is 5.99. The smallest absolute Gasteiger partial charge is 0.251 e. The van der Waals surface area contributed by atoms with Gasteiger partial charge < -0.3 is 14.9 Å². The van der Waals surface area contributed by atoms with Gasteiger partial charge in [-0.3, -0.25) is 19.7 Å². The number of hydrogen-bond donors (Lipinski definition) is 2. The number of aliphatic imine (C=N–C) groups is 2. The molecule has 2 unspecified atom stereocenters. The van der Waals surface area contributed by atoms with E-state index < -0.39 is 0 Å². The molecule has 3 rings (SSSR count). The lowest BCUT2D eigenvalue weighted by Gasteiger charge is -2.21. The molecule has 2 aliphatic heterocycles. The van der Waals surface area contributed by atoms with Gasteiger partial charge in [0, 0.05) is 25.2 Å². The van der Waals surface area contributed by atoms with E-state index in [0.717, 1.165) is 75.4 Å². The van der Waals surface area contributed by atoms with Gasteiger partial charge >= 0.3 is 0 Å². The van der Waals surface area contributed by atoms with Crippen molar-refractivity contribution in [3.8, 4) is 5.75 Å². The molecule has 8 heteroatoms. The fourth-order valence-electron chi connectivity index (χ4n) is 4.54. The molecule has 2 atom stereocenters. The fraction of sp³-hybridized carbons (Fsp3) is 0.654. The predicted molar refractivity (Wildman–Crippen MR) is 137 cm³/mol. The molecule has 8 nitrogen and oxygen atoms in total. The number of hydroxylamine groups is 1. The zero-order valence-corrected chi connectivity index (χ0v) is 21.0. The van der Waals surface area contributed by atoms with Gasteiger partial charge in [-0.05, 0) is 95.1 Å². The van der Waals surface area contributed by atoms with Crippen molar-refractivity contribution in [3.63, 3.8) is 0 Å². The van der Waals surface area contributed by atoms with Crippen molar-refractivity contribution < 1.29 is 14.4 Å². The minimum Gasteiger partial charge on any atom is -0.494 e. The minimum atomic E-state index is -0.0219. The van der Waals surface area contributed by atoms with Crippen LogP contribution in [0.2, 0.25) is 0 Å². The van der Waals surface area contributed by atoms with Gasteiger partial charge in [0.15, 0.2) is 0 Å². The lowest BCUT2D eigenvalue weighted by Crippen LogP contribution is -2.37. The molecular weight excluding hydrogens is 430 g/mol. The highest BCUT2D eigenvalue weighted by Gasteiger charge is 2.28. The topological polar surface area (TPSA) is 87.5 Å². The second-order valence-corrected chi connectivity index (χ2v) is 9.28. The van der Waals surface area contributed by atoms with Gasteiger partial charge in [-0.25, -0.2) is 5.48 Å². The SMILES string of the molecule is CCCNC(=O)c1ccc(OCCCC2CCN=CNOC(C3CCCN3C)=NCC2)cc1C. The van der Waals surface area contributed by atoms with E-state index in [9.17, 15) is 4.79 Å². The molecule has 1 aromatic carbocycles. The predicted octanol–water partition coefficient (Wildman–Crippen LogP) is 3.75. The molecule has 34 heavy (non-hydrogen) atoms. The zero-order valence-electron chi connectivity index (χ0n) is 21.0. The largest absolute Gasteiger partial charge is 0.494 e. The maximum Gasteiger partial charge on any atom is 0.251 e. The molecule has 0 bridgehead atoms. The van der Waals surface area contributed by atoms with Crippen LogP contribution in [0, 0.1) is 12.8 Å². The van der Waals surface area contributed by atoms with E-state index in [1.807, 2.05) is 32.0 Å². The summed E-state index contributed by atoms with van der Waals surface area (Å²) in [5, 5.41) is 2.93. The number of nitrogens with one attached hydrogen (secondary N) is 2. The van der Waals surface area contributed by atoms with Crippen LogP contribution in [0.1, 0.15) is 67.8 Å². The second kappa shape index (κ2) is 13.9. The van der Waals surface area contributed by atoms with E-state index in [0.29, 0.717) is 24.6 Å². The van der Waals surface area contributed by atoms with E-state index in [1.165, 1.54) is 6.42 Å². The van der Waals surface area contributed by atoms with Crippen LogP contribution in [0.5, 0.6) is 5.75 Å². The van der Waals surface area contributed by atoms with Crippen molar-refractivity contribution in [2.75, 3.05) is 39.8 Å². The summed E-state index contributed by atoms with van der Waals surface area (Å²) in [6, 6.07) is 5.94. The summed E-state index contributed by atoms with van der Waals surface area (Å²) in [6.07, 6.45) is 8.94. The number of likely N-dealkylation sites (tertiary alicyclic amines) is 1. The van der Waals surface area contributed by atoms with Gasteiger partial charge in [0.25, 0.3) is 5.91 Å². The number of hydrogen-bond acceptors (Lipinski definition) is 7. The van der Waals surface area contributed by atoms with E-state index in [4.69, 9.17) is 14.6 Å². The molecule has 1 aromatic rings. The van der Waals surface area contributed by atoms with Gasteiger partial charge in [0.2, 0.25) is 5.90 Å². The number of carbonyl (C=O) groups excluding carboxylic acids is 1. The van der Waals surface area contributed by atoms with Gasteiger partial charge in [0.05, 0.1) is 12.6 Å². The molecule has 0 saturated carbocycles. The van der Waals surface area contributed by atoms with E-state index in [-0.39, 0.29) is 11.9 Å². The number of aryl methyl sites for hydroxylation is 1. The Morgan fingerprint density at radius 3 is 2.91 bits per heavy atom. The number of carbonyl (C=O) groups is 1. The van der Waals surface area contributed by atoms with Crippen LogP contribution in [0.25, 0.3) is 0 Å². The normalized spacial score (nSPS) is 21.7. The molecule has 0 aromatic heterocycles. The van der Waals surface area contributed by atoms with E-state index in [1.54, 1.807) is 6.34 Å². The monoisotopic (exact) mass is 471 g/mol. The molecule has 1 amide bonds. The first kappa shape index (κ1) is 26.0. The third-order valence-corrected chi connectivity index (χ3v) is 6.59. The number of likely N-dealkylation sites (N-methyl/N-ethyl adjacent to an activating group) is 1. The van der Waals surface area contributed by atoms with Crippen molar-refractivity contribution in [3.05, 3.63) is 29.3 Å². The highest BCUT2D eigenvalue weighted by Crippen LogP contribution is 2.21. The Morgan fingerprint density at radius 2 is 2.15 bits per heavy atom. The summed E-state index contributed by atoms with van der Waals surface area (Å²) in [5.74, 6) is 2.12. The molecule has 0 aliphatic carbocycles. The van der Waals surface area contributed by atoms with Crippen LogP contribution >= 0.6 is 0 Å². The van der Waals surface area contributed by atoms with Crippen LogP contribution in [0.4, 0.5) is 0 Å². The fourth-order valence-corrected chi connectivity index (χ4v) is 4.54. The lowest BCUT2D eigenvalue weighted by atomic mass is 9.96. The Hall–Kier alpha value is -2.61. The molecule has 0 spiro atoms. The second-order valence-electron chi connectivity index (χ2n) is 9.28. The minimum absolute atomic E-state index is 0.0219. The van der Waals surface area contributed by atoms with Crippen LogP contribution in [-0.2, 0) is 4.84 Å². The highest BCUT2D eigenvalue weighted by atomic mass is 16.7. The Balaban J connectivity index is 1.46. The maximum atomic E-state index is 12.2. The first-order valence-corrected chi connectivity index (χ1v) is 12.8. The summed E-state index contributed by atoms with van der Waals surface area (Å²) in [5.41, 5.74) is 4.49. The molecule has 0 radical (unpaired) electrons. The molecule has 1 saturated heterocycles. The Kier molecular flexibility index (Phi) is 10.7. The number of benzene rings is 1. The van der Waals surface area contributed by atoms with Crippen molar-refractivity contribution in [2.45, 2.75) is 64.8 Å². The molecular formula is C26H41N5O3. The maximum absolute atomic E-state index is 12.2. The zero-order chi connectivity index (χ0) is 24.2. The Bertz CT molecular complexity index is 842. The standard InChI is InChI=1S/C26H41N5O3/c1-4-13-28-25(32)23-10-9-22(18-20(23)2)33-17-6-7-21-11-14-27-19-30-34-26(29-15-12-21)24-8-5-16-31(24)3/h9-10,18-19,21,24H,4-8,11-17H2,1-3H3,(H,27,30)(H,28,32). The Labute approximate surface area is 204 Å². The summed E-state index contributed by atoms with van der Waals surface area (Å²) in [4.78, 5) is 29.5. The van der Waals surface area contributed by atoms with Crippen molar-refractivity contribution in [1.29, 1.82) is 0 Å². The van der Waals surface area contributed by atoms with Crippen LogP contribution in [0.3, 0.4) is 0 Å². The summed E-state index contributed by atoms with van der Waals surface area (Å²) >= 11 is 0. The average Bonchev–Trinajstić information content (AvgIpc) is 3.23. The van der Waals surface area contributed by atoms with E-state index >= 15 is 0 Å². The van der Waals surface area contributed by atoms with Gasteiger partial charge in [0.1, 0.15) is 12.1 Å². The van der Waals surface area contributed by atoms with Crippen molar-refractivity contribution >= 4 is 18.1 Å². The molecule has 2 heterocycles. The van der Waals surface area contributed by atoms with Crippen LogP contribution in [0.15, 0.2) is 28.2 Å². The first-order chi connectivity index (χ1) is 16.6. The van der Waals surface area contributed by atoms with Gasteiger partial charge in [-0.15, -0.1) is 0 Å². The van der Waals surface area contributed by atoms with Gasteiger partial charge in [-0.1, -0.05) is 6.92 Å². The molecule has 188 valence electrons. The van der Waals surface area contributed by atoms with Gasteiger partial charge in [-0.2, -0.15) is 0 Å². The Morgan fingerprint density at radius 1 is 1.29 bits per heavy atom. The third kappa shape index (κ3) is 8.01. The van der Waals surface area contributed by atoms with E-state index in [2.05, 4.69) is 27.7 Å².